The molecule has 0 saturated carbocycles. The molecule has 0 spiro atoms. The van der Waals surface area contributed by atoms with Crippen LogP contribution in [0.4, 0.5) is 0 Å². The molecule has 3 heteroatoms. The molecule has 0 bridgehead atoms. The maximum atomic E-state index is 12.9. The number of rotatable bonds is 7. The monoisotopic (exact) mass is 379 g/mol. The third kappa shape index (κ3) is 4.95. The van der Waals surface area contributed by atoms with Crippen LogP contribution in [0.15, 0.2) is 36.4 Å². The second kappa shape index (κ2) is 9.27. The van der Waals surface area contributed by atoms with Gasteiger partial charge in [-0.05, 0) is 92.3 Å². The molecule has 1 aliphatic rings. The first-order chi connectivity index (χ1) is 13.5. The minimum atomic E-state index is -0.479. The van der Waals surface area contributed by atoms with Gasteiger partial charge in [-0.15, -0.1) is 0 Å². The van der Waals surface area contributed by atoms with Crippen LogP contribution < -0.4 is 10.1 Å². The molecule has 0 unspecified atom stereocenters. The van der Waals surface area contributed by atoms with Gasteiger partial charge in [0.15, 0.2) is 6.10 Å². The van der Waals surface area contributed by atoms with E-state index in [2.05, 4.69) is 36.5 Å². The Morgan fingerprint density at radius 3 is 2.29 bits per heavy atom. The fourth-order valence-corrected chi connectivity index (χ4v) is 4.14. The highest BCUT2D eigenvalue weighted by molar-refractivity contribution is 5.81. The summed E-state index contributed by atoms with van der Waals surface area (Å²) in [7, 11) is 0. The van der Waals surface area contributed by atoms with Crippen LogP contribution in [0.25, 0.3) is 0 Å². The third-order valence-electron chi connectivity index (χ3n) is 5.64. The van der Waals surface area contributed by atoms with Crippen LogP contribution in [0, 0.1) is 13.8 Å². The van der Waals surface area contributed by atoms with Crippen LogP contribution in [-0.2, 0) is 17.6 Å². The van der Waals surface area contributed by atoms with Crippen molar-refractivity contribution in [3.05, 3.63) is 64.2 Å². The summed E-state index contributed by atoms with van der Waals surface area (Å²) in [5.74, 6) is 0.729. The zero-order chi connectivity index (χ0) is 20.1. The molecule has 2 atom stereocenters. The lowest BCUT2D eigenvalue weighted by Gasteiger charge is -2.24. The van der Waals surface area contributed by atoms with Crippen molar-refractivity contribution in [2.24, 2.45) is 0 Å². The van der Waals surface area contributed by atoms with Gasteiger partial charge in [-0.1, -0.05) is 38.1 Å². The smallest absolute Gasteiger partial charge is 0.261 e. The van der Waals surface area contributed by atoms with Crippen LogP contribution >= 0.6 is 0 Å². The predicted octanol–water partition coefficient (Wildman–Crippen LogP) is 5.61. The number of hydrogen-bond acceptors (Lipinski definition) is 2. The summed E-state index contributed by atoms with van der Waals surface area (Å²) in [6, 6.07) is 12.8. The van der Waals surface area contributed by atoms with Gasteiger partial charge in [0.2, 0.25) is 0 Å². The lowest BCUT2D eigenvalue weighted by Crippen LogP contribution is -2.40. The molecule has 28 heavy (non-hydrogen) atoms. The van der Waals surface area contributed by atoms with Crippen molar-refractivity contribution in [3.63, 3.8) is 0 Å². The van der Waals surface area contributed by atoms with Gasteiger partial charge in [0.1, 0.15) is 5.75 Å². The van der Waals surface area contributed by atoms with E-state index in [1.807, 2.05) is 32.9 Å². The average molecular weight is 380 g/mol. The minimum Gasteiger partial charge on any atom is -0.481 e. The number of ether oxygens (including phenoxy) is 1. The van der Waals surface area contributed by atoms with Crippen molar-refractivity contribution in [1.82, 2.24) is 5.32 Å². The van der Waals surface area contributed by atoms with E-state index in [0.29, 0.717) is 6.42 Å². The van der Waals surface area contributed by atoms with Gasteiger partial charge in [0.05, 0.1) is 6.04 Å². The van der Waals surface area contributed by atoms with Gasteiger partial charge in [0.25, 0.3) is 5.91 Å². The number of carbonyl (C=O) groups excluding carboxylic acids is 1. The zero-order valence-electron chi connectivity index (χ0n) is 17.7. The Hall–Kier alpha value is -2.29. The highest BCUT2D eigenvalue weighted by Gasteiger charge is 2.23. The third-order valence-corrected chi connectivity index (χ3v) is 5.64. The molecule has 3 nitrogen and oxygen atoms in total. The summed E-state index contributed by atoms with van der Waals surface area (Å²) in [6.45, 7) is 8.21. The fourth-order valence-electron chi connectivity index (χ4n) is 4.14. The standard InChI is InChI=1S/C25H33NO2/c1-5-23(21-12-11-19-9-7-8-10-20(19)16-21)26-25(27)24(6-2)28-22-14-17(3)13-18(4)15-22/h11-16,23-24H,5-10H2,1-4H3,(H,26,27)/t23-,24+/m0/s1. The highest BCUT2D eigenvalue weighted by Crippen LogP contribution is 2.26. The van der Waals surface area contributed by atoms with Crippen molar-refractivity contribution in [1.29, 1.82) is 0 Å². The van der Waals surface area contributed by atoms with Crippen molar-refractivity contribution >= 4 is 5.91 Å². The SMILES string of the molecule is CC[C@H](NC(=O)[C@@H](CC)Oc1cc(C)cc(C)c1)c1ccc2c(c1)CCCC2. The molecule has 150 valence electrons. The lowest BCUT2D eigenvalue weighted by molar-refractivity contribution is -0.128. The number of benzene rings is 2. The van der Waals surface area contributed by atoms with E-state index >= 15 is 0 Å². The van der Waals surface area contributed by atoms with Crippen molar-refractivity contribution in [2.45, 2.75) is 78.4 Å². The van der Waals surface area contributed by atoms with Crippen LogP contribution in [0.5, 0.6) is 5.75 Å². The number of aryl methyl sites for hydroxylation is 4. The number of amides is 1. The normalized spacial score (nSPS) is 15.4. The second-order valence-corrected chi connectivity index (χ2v) is 8.04. The average Bonchev–Trinajstić information content (AvgIpc) is 2.69. The molecule has 0 aromatic heterocycles. The molecule has 2 aromatic rings. The maximum absolute atomic E-state index is 12.9. The molecular weight excluding hydrogens is 346 g/mol. The number of fused-ring (bicyclic) bond motifs is 1. The molecule has 1 amide bonds. The van der Waals surface area contributed by atoms with Gasteiger partial charge in [-0.2, -0.15) is 0 Å². The topological polar surface area (TPSA) is 38.3 Å². The molecule has 0 fully saturated rings. The Labute approximate surface area is 169 Å². The second-order valence-electron chi connectivity index (χ2n) is 8.04. The van der Waals surface area contributed by atoms with E-state index in [9.17, 15) is 4.79 Å². The maximum Gasteiger partial charge on any atom is 0.261 e. The van der Waals surface area contributed by atoms with Gasteiger partial charge in [-0.3, -0.25) is 4.79 Å². The van der Waals surface area contributed by atoms with Crippen LogP contribution in [-0.4, -0.2) is 12.0 Å². The fraction of sp³-hybridized carbons (Fsp3) is 0.480. The summed E-state index contributed by atoms with van der Waals surface area (Å²) in [6.07, 6.45) is 5.91. The van der Waals surface area contributed by atoms with Gasteiger partial charge in [-0.25, -0.2) is 0 Å². The molecule has 0 radical (unpaired) electrons. The first-order valence-electron chi connectivity index (χ1n) is 10.7. The molecule has 1 N–H and O–H groups in total. The molecule has 2 aromatic carbocycles. The first kappa shape index (κ1) is 20.4. The Balaban J connectivity index is 1.71. The Morgan fingerprint density at radius 1 is 0.964 bits per heavy atom. The summed E-state index contributed by atoms with van der Waals surface area (Å²) in [5, 5.41) is 3.23. The summed E-state index contributed by atoms with van der Waals surface area (Å²) >= 11 is 0. The quantitative estimate of drug-likeness (QED) is 0.679. The Kier molecular flexibility index (Phi) is 6.77. The number of hydrogen-bond donors (Lipinski definition) is 1. The Bertz CT molecular complexity index is 807. The molecule has 3 rings (SSSR count). The van der Waals surface area contributed by atoms with Gasteiger partial charge < -0.3 is 10.1 Å². The summed E-state index contributed by atoms with van der Waals surface area (Å²) in [4.78, 5) is 12.9. The largest absolute Gasteiger partial charge is 0.481 e. The highest BCUT2D eigenvalue weighted by atomic mass is 16.5. The molecular formula is C25H33NO2. The van der Waals surface area contributed by atoms with E-state index in [-0.39, 0.29) is 11.9 Å². The zero-order valence-corrected chi connectivity index (χ0v) is 17.7. The summed E-state index contributed by atoms with van der Waals surface area (Å²) < 4.78 is 6.05. The van der Waals surface area contributed by atoms with Crippen molar-refractivity contribution in [2.75, 3.05) is 0 Å². The molecule has 0 heterocycles. The van der Waals surface area contributed by atoms with E-state index in [4.69, 9.17) is 4.74 Å². The van der Waals surface area contributed by atoms with Crippen LogP contribution in [0.2, 0.25) is 0 Å². The van der Waals surface area contributed by atoms with Crippen molar-refractivity contribution < 1.29 is 9.53 Å². The number of carbonyl (C=O) groups is 1. The van der Waals surface area contributed by atoms with Gasteiger partial charge in [0, 0.05) is 0 Å². The predicted molar refractivity (Wildman–Crippen MR) is 115 cm³/mol. The van der Waals surface area contributed by atoms with Crippen molar-refractivity contribution in [3.8, 4) is 5.75 Å². The van der Waals surface area contributed by atoms with Gasteiger partial charge >= 0.3 is 0 Å². The van der Waals surface area contributed by atoms with Crippen LogP contribution in [0.3, 0.4) is 0 Å². The van der Waals surface area contributed by atoms with E-state index < -0.39 is 6.10 Å². The van der Waals surface area contributed by atoms with E-state index in [0.717, 1.165) is 29.7 Å². The van der Waals surface area contributed by atoms with E-state index in [1.165, 1.54) is 36.0 Å². The molecule has 0 aliphatic heterocycles. The van der Waals surface area contributed by atoms with Crippen LogP contribution in [0.1, 0.15) is 73.4 Å². The number of nitrogens with one attached hydrogen (secondary N) is 1. The lowest BCUT2D eigenvalue weighted by atomic mass is 9.88. The summed E-state index contributed by atoms with van der Waals surface area (Å²) in [5.41, 5.74) is 6.42. The first-order valence-corrected chi connectivity index (χ1v) is 10.7. The molecule has 0 saturated heterocycles. The molecule has 1 aliphatic carbocycles. The van der Waals surface area contributed by atoms with E-state index in [1.54, 1.807) is 0 Å². The Morgan fingerprint density at radius 2 is 1.64 bits per heavy atom. The minimum absolute atomic E-state index is 0.0247.